The molecule has 3 amide bonds. The number of methoxy groups -OCH3 is 4. The molecular formula is C126H123N3O16. The highest BCUT2D eigenvalue weighted by atomic mass is 16.5. The van der Waals surface area contributed by atoms with E-state index in [1.807, 2.05) is 203 Å². The Balaban J connectivity index is 0.000000156. The van der Waals surface area contributed by atoms with Gasteiger partial charge < -0.3 is 64.3 Å². The second kappa shape index (κ2) is 53.3. The van der Waals surface area contributed by atoms with E-state index in [9.17, 15) is 54.3 Å². The molecule has 6 N–H and O–H groups in total. The zero-order valence-corrected chi connectivity index (χ0v) is 83.5. The SMILES string of the molecule is CCN(CC)C(=O)c1c(CCc2ccc3ccccc3c2)cc(OC)cc1OC.CCN(CC)C(=O)c1c(CCc2ccc3ccccc3c2)cccc1OC.CCN(CC)C(=O)c1c(O)cccc1CCc1ccc2ccccc2c1.COc1cccc(C=Cc2ccc3ccccc3c2)c1C(=O)O.O=C(O)c1c(O)cccc1/C=C/c1ccccc1.O=C(O)c1c(O)cccc1C=Cc1ccc2ccccc2c1. The number of ether oxygens (including phenoxy) is 4. The fourth-order valence-electron chi connectivity index (χ4n) is 17.3. The number of carboxylic acids is 3. The Kier molecular flexibility index (Phi) is 39.2. The molecule has 0 atom stereocenters. The van der Waals surface area contributed by atoms with Crippen LogP contribution < -0.4 is 18.9 Å². The van der Waals surface area contributed by atoms with Crippen LogP contribution in [0, 0.1) is 0 Å². The molecule has 145 heavy (non-hydrogen) atoms. The molecule has 0 saturated carbocycles. The Morgan fingerprint density at radius 2 is 0.524 bits per heavy atom. The van der Waals surface area contributed by atoms with Gasteiger partial charge in [0.2, 0.25) is 0 Å². The number of carbonyl (C=O) groups excluding carboxylic acids is 3. The van der Waals surface area contributed by atoms with Crippen molar-refractivity contribution in [2.24, 2.45) is 0 Å². The molecule has 0 aromatic heterocycles. The third kappa shape index (κ3) is 28.5. The normalized spacial score (nSPS) is 10.9. The van der Waals surface area contributed by atoms with Crippen LogP contribution >= 0.6 is 0 Å². The number of benzene rings is 17. The van der Waals surface area contributed by atoms with E-state index in [1.54, 1.807) is 105 Å². The van der Waals surface area contributed by atoms with E-state index in [4.69, 9.17) is 24.1 Å². The average Bonchev–Trinajstić information content (AvgIpc) is 0.799. The Hall–Kier alpha value is -17.3. The zero-order valence-electron chi connectivity index (χ0n) is 83.5. The monoisotopic (exact) mass is 1930 g/mol. The summed E-state index contributed by atoms with van der Waals surface area (Å²) in [5, 5.41) is 69.2. The number of aromatic hydroxyl groups is 3. The molecule has 19 heteroatoms. The van der Waals surface area contributed by atoms with Crippen molar-refractivity contribution in [1.29, 1.82) is 0 Å². The van der Waals surface area contributed by atoms with Crippen LogP contribution in [0.5, 0.6) is 40.2 Å². The van der Waals surface area contributed by atoms with Crippen molar-refractivity contribution in [3.05, 3.63) is 446 Å². The highest BCUT2D eigenvalue weighted by Crippen LogP contribution is 2.35. The maximum absolute atomic E-state index is 13.2. The maximum atomic E-state index is 13.2. The van der Waals surface area contributed by atoms with Crippen molar-refractivity contribution in [3.8, 4) is 40.2 Å². The van der Waals surface area contributed by atoms with Gasteiger partial charge in [0.05, 0.1) is 45.1 Å². The van der Waals surface area contributed by atoms with Gasteiger partial charge in [0.15, 0.2) is 0 Å². The first-order valence-electron chi connectivity index (χ1n) is 48.5. The van der Waals surface area contributed by atoms with Gasteiger partial charge in [0.1, 0.15) is 56.9 Å². The van der Waals surface area contributed by atoms with E-state index in [0.29, 0.717) is 95.6 Å². The summed E-state index contributed by atoms with van der Waals surface area (Å²) in [4.78, 5) is 78.2. The first kappa shape index (κ1) is 107. The largest absolute Gasteiger partial charge is 0.507 e. The number of carboxylic acid groups (broad SMARTS) is 3. The number of hydrogen-bond donors (Lipinski definition) is 6. The Morgan fingerprint density at radius 3 is 0.890 bits per heavy atom. The second-order valence-corrected chi connectivity index (χ2v) is 34.1. The summed E-state index contributed by atoms with van der Waals surface area (Å²) in [6.45, 7) is 15.9. The number of hydrogen-bond acceptors (Lipinski definition) is 13. The molecule has 17 aromatic carbocycles. The predicted molar refractivity (Wildman–Crippen MR) is 588 cm³/mol. The molecule has 19 nitrogen and oxygen atoms in total. The quantitative estimate of drug-likeness (QED) is 0.0220. The first-order chi connectivity index (χ1) is 70.4. The third-order valence-electron chi connectivity index (χ3n) is 25.1. The van der Waals surface area contributed by atoms with Crippen LogP contribution in [0.25, 0.3) is 90.3 Å². The van der Waals surface area contributed by atoms with Gasteiger partial charge in [-0.15, -0.1) is 0 Å². The minimum atomic E-state index is -1.14. The van der Waals surface area contributed by atoms with E-state index in [-0.39, 0.29) is 51.7 Å². The molecule has 0 aliphatic heterocycles. The molecule has 0 fully saturated rings. The lowest BCUT2D eigenvalue weighted by atomic mass is 9.96. The molecular weight excluding hydrogens is 1810 g/mol. The lowest BCUT2D eigenvalue weighted by Gasteiger charge is -2.23. The van der Waals surface area contributed by atoms with Crippen molar-refractivity contribution < 1.29 is 78.4 Å². The molecule has 0 saturated heterocycles. The van der Waals surface area contributed by atoms with Crippen molar-refractivity contribution >= 4 is 126 Å². The topological polar surface area (TPSA) is 270 Å². The fraction of sp³-hybridized carbons (Fsp3) is 0.175. The lowest BCUT2D eigenvalue weighted by Crippen LogP contribution is -2.31. The number of phenols is 3. The van der Waals surface area contributed by atoms with Crippen LogP contribution in [0.4, 0.5) is 0 Å². The molecule has 0 unspecified atom stereocenters. The third-order valence-corrected chi connectivity index (χ3v) is 25.1. The van der Waals surface area contributed by atoms with Gasteiger partial charge in [-0.2, -0.15) is 0 Å². The number of amides is 3. The molecule has 0 spiro atoms. The van der Waals surface area contributed by atoms with Crippen molar-refractivity contribution in [3.63, 3.8) is 0 Å². The summed E-state index contributed by atoms with van der Waals surface area (Å²) in [5.41, 5.74) is 12.9. The smallest absolute Gasteiger partial charge is 0.340 e. The molecule has 0 bridgehead atoms. The van der Waals surface area contributed by atoms with Gasteiger partial charge >= 0.3 is 17.9 Å². The number of rotatable bonds is 31. The minimum Gasteiger partial charge on any atom is -0.507 e. The highest BCUT2D eigenvalue weighted by molar-refractivity contribution is 6.02. The van der Waals surface area contributed by atoms with E-state index < -0.39 is 17.9 Å². The van der Waals surface area contributed by atoms with Crippen LogP contribution in [0.1, 0.15) is 170 Å². The van der Waals surface area contributed by atoms with E-state index in [1.165, 1.54) is 73.6 Å². The molecule has 0 heterocycles. The van der Waals surface area contributed by atoms with Crippen LogP contribution in [-0.4, -0.2) is 149 Å². The Bertz CT molecular complexity index is 7460. The lowest BCUT2D eigenvalue weighted by molar-refractivity contribution is 0.0682. The molecule has 0 aliphatic carbocycles. The van der Waals surface area contributed by atoms with Crippen molar-refractivity contribution in [1.82, 2.24) is 14.7 Å². The summed E-state index contributed by atoms with van der Waals surface area (Å²) in [5.74, 6) is -1.43. The number of carbonyl (C=O) groups is 6. The van der Waals surface area contributed by atoms with E-state index in [0.717, 1.165) is 88.1 Å². The van der Waals surface area contributed by atoms with Crippen LogP contribution in [0.3, 0.4) is 0 Å². The van der Waals surface area contributed by atoms with Gasteiger partial charge in [0.25, 0.3) is 17.7 Å². The zero-order chi connectivity index (χ0) is 103. The Labute approximate surface area is 847 Å². The number of aromatic carboxylic acids is 3. The highest BCUT2D eigenvalue weighted by Gasteiger charge is 2.27. The van der Waals surface area contributed by atoms with Crippen molar-refractivity contribution in [2.75, 3.05) is 67.7 Å². The predicted octanol–water partition coefficient (Wildman–Crippen LogP) is 27.4. The Morgan fingerprint density at radius 1 is 0.234 bits per heavy atom. The van der Waals surface area contributed by atoms with Crippen molar-refractivity contribution in [2.45, 2.75) is 80.1 Å². The number of aryl methyl sites for hydroxylation is 6. The average molecular weight is 1940 g/mol. The van der Waals surface area contributed by atoms with E-state index in [2.05, 4.69) is 140 Å². The summed E-state index contributed by atoms with van der Waals surface area (Å²) in [6, 6.07) is 112. The molecule has 738 valence electrons. The van der Waals surface area contributed by atoms with Gasteiger partial charge in [-0.05, 0) is 249 Å². The van der Waals surface area contributed by atoms with Gasteiger partial charge in [-0.1, -0.05) is 328 Å². The summed E-state index contributed by atoms with van der Waals surface area (Å²) in [6.07, 6.45) is 15.5. The minimum absolute atomic E-state index is 0.00279. The van der Waals surface area contributed by atoms with E-state index >= 15 is 0 Å². The molecule has 0 aliphatic rings. The van der Waals surface area contributed by atoms with Gasteiger partial charge in [-0.25, -0.2) is 14.4 Å². The molecule has 17 rings (SSSR count). The number of fused-ring (bicyclic) bond motifs is 5. The first-order valence-corrected chi connectivity index (χ1v) is 48.5. The fourth-order valence-corrected chi connectivity index (χ4v) is 17.3. The summed E-state index contributed by atoms with van der Waals surface area (Å²) in [7, 11) is 6.33. The number of phenolic OH excluding ortho intramolecular Hbond substituents is 1. The maximum Gasteiger partial charge on any atom is 0.340 e. The molecule has 17 aromatic rings. The summed E-state index contributed by atoms with van der Waals surface area (Å²) < 4.78 is 21.7. The van der Waals surface area contributed by atoms with Gasteiger partial charge in [0, 0.05) is 45.3 Å². The standard InChI is InChI=1S/C25H29NO3.C24H27NO2.C23H25NO2.C20H16O3.C19H14O3.C15H12O3/c1-5-26(6-2)25(27)24-21(16-22(28-3)17-23(24)29-4)14-12-18-11-13-19-9-7-8-10-20(19)15-18;1-4-25(5-2)24(26)23-20(11-8-12-22(23)27-3)16-14-18-13-15-19-9-6-7-10-21(19)17-18;1-3-24(4-2)23(26)22-19(10-7-11-21(22)25)15-13-17-12-14-18-8-5-6-9-20(18)16-17;1-23-18-8-4-7-16(19(18)20(21)22)12-10-14-9-11-15-5-2-3-6-17(15)13-14;20-17-7-3-6-15(18(17)19(21)22)11-9-13-8-10-14-4-1-2-5-16(14)12-13;16-13-8-4-7-12(14(13)15(17)18)10-9-11-5-2-1-3-6-11/h7-11,13,15-17H,5-6,12,14H2,1-4H3;6-13,15,17H,4-5,14,16H2,1-3H3;5-12,14,16,25H,3-4,13,15H2,1-2H3;2-13H,1H3,(H,21,22);1-12,20H,(H,21,22);1-10,16H,(H,17,18)/b;;;;;10-9+. The van der Waals surface area contributed by atoms with Crippen LogP contribution in [0.2, 0.25) is 0 Å². The second-order valence-electron chi connectivity index (χ2n) is 34.1. The molecule has 0 radical (unpaired) electrons. The van der Waals surface area contributed by atoms with Crippen LogP contribution in [-0.2, 0) is 38.5 Å². The van der Waals surface area contributed by atoms with Crippen LogP contribution in [0.15, 0.2) is 346 Å². The summed E-state index contributed by atoms with van der Waals surface area (Å²) >= 11 is 0. The van der Waals surface area contributed by atoms with Gasteiger partial charge in [-0.3, -0.25) is 14.4 Å². The number of nitrogens with zero attached hydrogens (tertiary/aromatic N) is 3.